The molecule has 112 valence electrons. The summed E-state index contributed by atoms with van der Waals surface area (Å²) in [5.41, 5.74) is 5.00. The van der Waals surface area contributed by atoms with Gasteiger partial charge in [-0.3, -0.25) is 4.79 Å². The fraction of sp³-hybridized carbons (Fsp3) is 0.389. The van der Waals surface area contributed by atoms with E-state index in [1.807, 2.05) is 44.2 Å². The monoisotopic (exact) mass is 284 g/mol. The topological polar surface area (TPSA) is 34.0 Å². The molecule has 3 nitrogen and oxygen atoms in total. The summed E-state index contributed by atoms with van der Waals surface area (Å²) in [6.45, 7) is 10.4. The van der Waals surface area contributed by atoms with Crippen molar-refractivity contribution in [3.05, 3.63) is 52.8 Å². The second-order valence-electron chi connectivity index (χ2n) is 5.75. The molecule has 1 N–H and O–H groups in total. The van der Waals surface area contributed by atoms with Gasteiger partial charge >= 0.3 is 0 Å². The van der Waals surface area contributed by atoms with Crippen molar-refractivity contribution in [2.45, 2.75) is 47.1 Å². The Morgan fingerprint density at radius 2 is 1.81 bits per heavy atom. The molecule has 0 radical (unpaired) electrons. The van der Waals surface area contributed by atoms with Crippen LogP contribution in [-0.4, -0.2) is 10.5 Å². The standard InChI is InChI=1S/C18H24N2O/c1-6-15-7-9-16(10-8-15)19-18(21)17-11-13(4)20(12(2)3)14(17)5/h7-12H,6H2,1-5H3,(H,19,21). The van der Waals surface area contributed by atoms with E-state index in [2.05, 4.69) is 30.7 Å². The number of amides is 1. The zero-order valence-corrected chi connectivity index (χ0v) is 13.5. The number of carbonyl (C=O) groups is 1. The number of rotatable bonds is 4. The highest BCUT2D eigenvalue weighted by atomic mass is 16.1. The molecule has 0 aliphatic heterocycles. The van der Waals surface area contributed by atoms with E-state index < -0.39 is 0 Å². The Kier molecular flexibility index (Phi) is 4.51. The maximum Gasteiger partial charge on any atom is 0.257 e. The van der Waals surface area contributed by atoms with Crippen LogP contribution in [0.2, 0.25) is 0 Å². The molecular weight excluding hydrogens is 260 g/mol. The van der Waals surface area contributed by atoms with E-state index in [9.17, 15) is 4.79 Å². The van der Waals surface area contributed by atoms with Crippen molar-refractivity contribution < 1.29 is 4.79 Å². The van der Waals surface area contributed by atoms with Crippen molar-refractivity contribution in [1.29, 1.82) is 0 Å². The average Bonchev–Trinajstić information content (AvgIpc) is 2.75. The SMILES string of the molecule is CCc1ccc(NC(=O)c2cc(C)n(C(C)C)c2C)cc1. The Bertz CT molecular complexity index is 636. The summed E-state index contributed by atoms with van der Waals surface area (Å²) in [6.07, 6.45) is 1.00. The van der Waals surface area contributed by atoms with Crippen LogP contribution < -0.4 is 5.32 Å². The van der Waals surface area contributed by atoms with Crippen molar-refractivity contribution in [3.63, 3.8) is 0 Å². The van der Waals surface area contributed by atoms with E-state index >= 15 is 0 Å². The quantitative estimate of drug-likeness (QED) is 0.881. The van der Waals surface area contributed by atoms with Gasteiger partial charge in [0.25, 0.3) is 5.91 Å². The van der Waals surface area contributed by atoms with Gasteiger partial charge in [-0.1, -0.05) is 19.1 Å². The molecule has 0 bridgehead atoms. The largest absolute Gasteiger partial charge is 0.346 e. The van der Waals surface area contributed by atoms with Crippen LogP contribution in [0, 0.1) is 13.8 Å². The zero-order chi connectivity index (χ0) is 15.6. The number of aryl methyl sites for hydroxylation is 2. The number of nitrogens with one attached hydrogen (secondary N) is 1. The Balaban J connectivity index is 2.22. The molecule has 0 spiro atoms. The van der Waals surface area contributed by atoms with Gasteiger partial charge in [0, 0.05) is 23.1 Å². The molecule has 2 rings (SSSR count). The fourth-order valence-electron chi connectivity index (χ4n) is 2.82. The Morgan fingerprint density at radius 3 is 2.29 bits per heavy atom. The summed E-state index contributed by atoms with van der Waals surface area (Å²) in [5.74, 6) is -0.0424. The lowest BCUT2D eigenvalue weighted by Crippen LogP contribution is -2.13. The molecule has 0 aliphatic rings. The van der Waals surface area contributed by atoms with Gasteiger partial charge in [0.05, 0.1) is 5.56 Å². The molecule has 0 fully saturated rings. The van der Waals surface area contributed by atoms with Gasteiger partial charge in [0.1, 0.15) is 0 Å². The van der Waals surface area contributed by atoms with Gasteiger partial charge in [-0.15, -0.1) is 0 Å². The van der Waals surface area contributed by atoms with Crippen LogP contribution in [0.25, 0.3) is 0 Å². The number of hydrogen-bond acceptors (Lipinski definition) is 1. The molecular formula is C18H24N2O. The highest BCUT2D eigenvalue weighted by molar-refractivity contribution is 6.05. The molecule has 0 saturated heterocycles. The highest BCUT2D eigenvalue weighted by Gasteiger charge is 2.17. The zero-order valence-electron chi connectivity index (χ0n) is 13.5. The van der Waals surface area contributed by atoms with Crippen molar-refractivity contribution in [3.8, 4) is 0 Å². The van der Waals surface area contributed by atoms with Crippen molar-refractivity contribution in [1.82, 2.24) is 4.57 Å². The first-order valence-electron chi connectivity index (χ1n) is 7.52. The van der Waals surface area contributed by atoms with E-state index in [4.69, 9.17) is 0 Å². The number of nitrogens with zero attached hydrogens (tertiary/aromatic N) is 1. The lowest BCUT2D eigenvalue weighted by atomic mass is 10.1. The van der Waals surface area contributed by atoms with Crippen molar-refractivity contribution in [2.75, 3.05) is 5.32 Å². The second-order valence-corrected chi connectivity index (χ2v) is 5.75. The van der Waals surface area contributed by atoms with Crippen LogP contribution >= 0.6 is 0 Å². The first-order chi connectivity index (χ1) is 9.93. The van der Waals surface area contributed by atoms with Gasteiger partial charge in [-0.2, -0.15) is 0 Å². The molecule has 0 atom stereocenters. The number of benzene rings is 1. The van der Waals surface area contributed by atoms with Crippen LogP contribution in [0.3, 0.4) is 0 Å². The molecule has 3 heteroatoms. The Labute approximate surface area is 127 Å². The Hall–Kier alpha value is -2.03. The first-order valence-corrected chi connectivity index (χ1v) is 7.52. The maximum absolute atomic E-state index is 12.5. The molecule has 1 aromatic carbocycles. The number of aromatic nitrogens is 1. The minimum atomic E-state index is -0.0424. The third kappa shape index (κ3) is 3.18. The van der Waals surface area contributed by atoms with Crippen LogP contribution in [0.1, 0.15) is 54.1 Å². The molecule has 1 aromatic heterocycles. The van der Waals surface area contributed by atoms with Gasteiger partial charge in [-0.25, -0.2) is 0 Å². The lowest BCUT2D eigenvalue weighted by molar-refractivity contribution is 0.102. The van der Waals surface area contributed by atoms with Crippen LogP contribution in [0.5, 0.6) is 0 Å². The highest BCUT2D eigenvalue weighted by Crippen LogP contribution is 2.21. The third-order valence-corrected chi connectivity index (χ3v) is 3.87. The second kappa shape index (κ2) is 6.17. The fourth-order valence-corrected chi connectivity index (χ4v) is 2.82. The minimum absolute atomic E-state index is 0.0424. The number of hydrogen-bond donors (Lipinski definition) is 1. The lowest BCUT2D eigenvalue weighted by Gasteiger charge is -2.13. The molecule has 0 unspecified atom stereocenters. The smallest absolute Gasteiger partial charge is 0.257 e. The van der Waals surface area contributed by atoms with Crippen molar-refractivity contribution >= 4 is 11.6 Å². The van der Waals surface area contributed by atoms with E-state index in [-0.39, 0.29) is 5.91 Å². The average molecular weight is 284 g/mol. The summed E-state index contributed by atoms with van der Waals surface area (Å²) in [6, 6.07) is 10.3. The molecule has 0 saturated carbocycles. The van der Waals surface area contributed by atoms with Crippen LogP contribution in [0.4, 0.5) is 5.69 Å². The predicted octanol–water partition coefficient (Wildman–Crippen LogP) is 4.50. The van der Waals surface area contributed by atoms with Crippen LogP contribution in [0.15, 0.2) is 30.3 Å². The summed E-state index contributed by atoms with van der Waals surface area (Å²) < 4.78 is 2.19. The third-order valence-electron chi connectivity index (χ3n) is 3.87. The van der Waals surface area contributed by atoms with E-state index in [0.717, 1.165) is 29.1 Å². The minimum Gasteiger partial charge on any atom is -0.346 e. The summed E-state index contributed by atoms with van der Waals surface area (Å²) in [5, 5.41) is 2.98. The molecule has 21 heavy (non-hydrogen) atoms. The predicted molar refractivity (Wildman–Crippen MR) is 88.1 cm³/mol. The van der Waals surface area contributed by atoms with Gasteiger partial charge < -0.3 is 9.88 Å². The molecule has 2 aromatic rings. The molecule has 1 amide bonds. The van der Waals surface area contributed by atoms with E-state index in [1.165, 1.54) is 5.56 Å². The first kappa shape index (κ1) is 15.4. The van der Waals surface area contributed by atoms with Gasteiger partial charge in [-0.05, 0) is 57.9 Å². The maximum atomic E-state index is 12.5. The van der Waals surface area contributed by atoms with Gasteiger partial charge in [0.2, 0.25) is 0 Å². The summed E-state index contributed by atoms with van der Waals surface area (Å²) in [4.78, 5) is 12.5. The normalized spacial score (nSPS) is 11.0. The molecule has 0 aliphatic carbocycles. The van der Waals surface area contributed by atoms with Crippen LogP contribution in [-0.2, 0) is 6.42 Å². The number of carbonyl (C=O) groups excluding carboxylic acids is 1. The molecule has 1 heterocycles. The summed E-state index contributed by atoms with van der Waals surface area (Å²) >= 11 is 0. The summed E-state index contributed by atoms with van der Waals surface area (Å²) in [7, 11) is 0. The Morgan fingerprint density at radius 1 is 1.19 bits per heavy atom. The van der Waals surface area contributed by atoms with Crippen molar-refractivity contribution in [2.24, 2.45) is 0 Å². The number of anilines is 1. The van der Waals surface area contributed by atoms with Gasteiger partial charge in [0.15, 0.2) is 0 Å². The van der Waals surface area contributed by atoms with E-state index in [0.29, 0.717) is 6.04 Å². The van der Waals surface area contributed by atoms with E-state index in [1.54, 1.807) is 0 Å².